The van der Waals surface area contributed by atoms with Crippen molar-refractivity contribution in [1.29, 1.82) is 0 Å². The minimum atomic E-state index is -0.767. The summed E-state index contributed by atoms with van der Waals surface area (Å²) in [5, 5.41) is 1.89. The molecular weight excluding hydrogens is 550 g/mol. The Kier molecular flexibility index (Phi) is 10.9. The van der Waals surface area contributed by atoms with Crippen LogP contribution >= 0.6 is 0 Å². The lowest BCUT2D eigenvalue weighted by molar-refractivity contribution is -0.222. The smallest absolute Gasteiger partial charge is 0.303 e. The first-order valence-corrected chi connectivity index (χ1v) is 14.7. The molecule has 6 atom stereocenters. The van der Waals surface area contributed by atoms with Gasteiger partial charge in [-0.1, -0.05) is 91.0 Å². The third kappa shape index (κ3) is 8.49. The van der Waals surface area contributed by atoms with Crippen molar-refractivity contribution in [3.05, 3.63) is 108 Å². The number of hydroxylamine groups is 2. The van der Waals surface area contributed by atoms with E-state index in [-0.39, 0.29) is 30.9 Å². The summed E-state index contributed by atoms with van der Waals surface area (Å²) in [7, 11) is 0. The molecule has 2 saturated heterocycles. The summed E-state index contributed by atoms with van der Waals surface area (Å²) < 4.78 is 30.2. The van der Waals surface area contributed by atoms with Crippen LogP contribution in [0.25, 0.3) is 0 Å². The predicted octanol–water partition coefficient (Wildman–Crippen LogP) is 4.63. The van der Waals surface area contributed by atoms with Gasteiger partial charge in [-0.25, -0.2) is 0 Å². The lowest BCUT2D eigenvalue weighted by atomic mass is 10.00. The molecule has 0 bridgehead atoms. The van der Waals surface area contributed by atoms with E-state index in [0.29, 0.717) is 32.8 Å². The molecule has 2 aliphatic rings. The van der Waals surface area contributed by atoms with Gasteiger partial charge in [-0.05, 0) is 23.1 Å². The Morgan fingerprint density at radius 1 is 0.767 bits per heavy atom. The van der Waals surface area contributed by atoms with Crippen LogP contribution in [-0.4, -0.2) is 66.7 Å². The lowest BCUT2D eigenvalue weighted by Crippen LogP contribution is -2.44. The van der Waals surface area contributed by atoms with E-state index < -0.39 is 24.1 Å². The zero-order valence-electron chi connectivity index (χ0n) is 24.6. The highest BCUT2D eigenvalue weighted by atomic mass is 16.7. The minimum absolute atomic E-state index is 0.0984. The molecule has 0 saturated carbocycles. The molecule has 0 unspecified atom stereocenters. The molecule has 0 radical (unpaired) electrons. The van der Waals surface area contributed by atoms with E-state index in [1.807, 2.05) is 96.1 Å². The Morgan fingerprint density at radius 3 is 1.84 bits per heavy atom. The van der Waals surface area contributed by atoms with Crippen molar-refractivity contribution < 1.29 is 38.1 Å². The average molecular weight is 590 g/mol. The number of hydrogen-bond acceptors (Lipinski definition) is 9. The number of fused-ring (bicyclic) bond motifs is 1. The second-order valence-electron chi connectivity index (χ2n) is 10.8. The van der Waals surface area contributed by atoms with Crippen LogP contribution in [0.3, 0.4) is 0 Å². The van der Waals surface area contributed by atoms with Crippen LogP contribution in [0.2, 0.25) is 0 Å². The summed E-state index contributed by atoms with van der Waals surface area (Å²) in [6, 6.07) is 29.5. The van der Waals surface area contributed by atoms with Crippen molar-refractivity contribution >= 4 is 11.9 Å². The summed E-state index contributed by atoms with van der Waals surface area (Å²) in [6.07, 6.45) is -1.56. The van der Waals surface area contributed by atoms with Gasteiger partial charge >= 0.3 is 11.9 Å². The molecule has 2 fully saturated rings. The summed E-state index contributed by atoms with van der Waals surface area (Å²) in [5.74, 6) is -0.933. The number of rotatable bonds is 14. The van der Waals surface area contributed by atoms with Crippen LogP contribution < -0.4 is 0 Å². The Labute approximate surface area is 252 Å². The Morgan fingerprint density at radius 2 is 1.30 bits per heavy atom. The zero-order chi connectivity index (χ0) is 30.0. The van der Waals surface area contributed by atoms with Gasteiger partial charge in [0.15, 0.2) is 6.10 Å². The van der Waals surface area contributed by atoms with Crippen molar-refractivity contribution in [1.82, 2.24) is 5.06 Å². The van der Waals surface area contributed by atoms with Gasteiger partial charge in [-0.2, -0.15) is 5.06 Å². The van der Waals surface area contributed by atoms with E-state index in [0.717, 1.165) is 16.7 Å². The Bertz CT molecular complexity index is 1290. The molecule has 9 nitrogen and oxygen atoms in total. The number of carbonyl (C=O) groups is 2. The normalized spacial score (nSPS) is 23.9. The van der Waals surface area contributed by atoms with E-state index >= 15 is 0 Å². The fourth-order valence-corrected chi connectivity index (χ4v) is 5.64. The van der Waals surface area contributed by atoms with Crippen LogP contribution in [0.15, 0.2) is 91.0 Å². The molecule has 5 rings (SSSR count). The Balaban J connectivity index is 1.38. The van der Waals surface area contributed by atoms with Crippen molar-refractivity contribution in [2.75, 3.05) is 13.2 Å². The van der Waals surface area contributed by atoms with Crippen LogP contribution in [0, 0.1) is 0 Å². The highest BCUT2D eigenvalue weighted by molar-refractivity contribution is 5.67. The zero-order valence-corrected chi connectivity index (χ0v) is 24.6. The molecule has 0 spiro atoms. The molecular formula is C34H39NO8. The van der Waals surface area contributed by atoms with Crippen LogP contribution in [0.1, 0.15) is 37.0 Å². The fraction of sp³-hybridized carbons (Fsp3) is 0.412. The first-order valence-electron chi connectivity index (χ1n) is 14.7. The molecule has 0 aromatic heterocycles. The second-order valence-corrected chi connectivity index (χ2v) is 10.8. The van der Waals surface area contributed by atoms with Crippen LogP contribution in [0.4, 0.5) is 0 Å². The fourth-order valence-electron chi connectivity index (χ4n) is 5.64. The average Bonchev–Trinajstić information content (AvgIpc) is 3.56. The second kappa shape index (κ2) is 15.2. The molecule has 0 aliphatic carbocycles. The highest BCUT2D eigenvalue weighted by Gasteiger charge is 2.57. The number of benzene rings is 3. The van der Waals surface area contributed by atoms with Gasteiger partial charge in [0, 0.05) is 13.8 Å². The highest BCUT2D eigenvalue weighted by Crippen LogP contribution is 2.40. The van der Waals surface area contributed by atoms with Crippen molar-refractivity contribution in [2.24, 2.45) is 0 Å². The first kappa shape index (κ1) is 30.8. The van der Waals surface area contributed by atoms with Gasteiger partial charge in [0.1, 0.15) is 24.9 Å². The molecule has 2 heterocycles. The molecule has 0 N–H and O–H groups in total. The third-order valence-electron chi connectivity index (χ3n) is 7.62. The Hall–Kier alpha value is -3.60. The molecule has 3 aromatic carbocycles. The van der Waals surface area contributed by atoms with E-state index in [2.05, 4.69) is 0 Å². The number of carbonyl (C=O) groups excluding carboxylic acids is 2. The van der Waals surface area contributed by atoms with Gasteiger partial charge in [-0.3, -0.25) is 14.4 Å². The molecule has 228 valence electrons. The van der Waals surface area contributed by atoms with Crippen molar-refractivity contribution in [3.63, 3.8) is 0 Å². The molecule has 2 aliphatic heterocycles. The van der Waals surface area contributed by atoms with Gasteiger partial charge in [0.2, 0.25) is 0 Å². The SMILES string of the molecule is CC(=O)OC[C@H](OC(C)=O)[C@H]1C[C@@H]2[C@@H](OCc3ccccc3)[C@H](OCc3ccccc3)[C@@H](COCc3ccccc3)N2O1. The quantitative estimate of drug-likeness (QED) is 0.250. The predicted molar refractivity (Wildman–Crippen MR) is 157 cm³/mol. The maximum absolute atomic E-state index is 11.9. The van der Waals surface area contributed by atoms with E-state index in [9.17, 15) is 9.59 Å². The monoisotopic (exact) mass is 589 g/mol. The number of ether oxygens (including phenoxy) is 5. The molecule has 0 amide bonds. The van der Waals surface area contributed by atoms with E-state index in [4.69, 9.17) is 28.5 Å². The van der Waals surface area contributed by atoms with Gasteiger partial charge in [0.25, 0.3) is 0 Å². The molecule has 43 heavy (non-hydrogen) atoms. The standard InChI is InChI=1S/C34H39NO8/c1-24(36)39-23-32(42-25(2)37)31-18-29-33(40-20-27-14-8-4-9-15-27)34(41-21-28-16-10-5-11-17-28)30(35(29)43-31)22-38-19-26-12-6-3-7-13-26/h3-17,29-34H,18-23H2,1-2H3/t29-,30-,31-,32+,33-,34-/m1/s1. The topological polar surface area (TPSA) is 92.8 Å². The minimum Gasteiger partial charge on any atom is -0.462 e. The van der Waals surface area contributed by atoms with Gasteiger partial charge in [-0.15, -0.1) is 0 Å². The van der Waals surface area contributed by atoms with E-state index in [1.165, 1.54) is 13.8 Å². The van der Waals surface area contributed by atoms with Gasteiger partial charge < -0.3 is 23.7 Å². The summed E-state index contributed by atoms with van der Waals surface area (Å²) >= 11 is 0. The van der Waals surface area contributed by atoms with Crippen LogP contribution in [0.5, 0.6) is 0 Å². The van der Waals surface area contributed by atoms with E-state index in [1.54, 1.807) is 0 Å². The summed E-state index contributed by atoms with van der Waals surface area (Å²) in [6.45, 7) is 4.10. The van der Waals surface area contributed by atoms with Crippen molar-refractivity contribution in [2.45, 2.75) is 76.6 Å². The summed E-state index contributed by atoms with van der Waals surface area (Å²) in [4.78, 5) is 30.0. The maximum Gasteiger partial charge on any atom is 0.303 e. The number of nitrogens with zero attached hydrogens (tertiary/aromatic N) is 1. The maximum atomic E-state index is 11.9. The molecule has 3 aromatic rings. The number of hydrogen-bond donors (Lipinski definition) is 0. The van der Waals surface area contributed by atoms with Crippen LogP contribution in [-0.2, 0) is 57.9 Å². The third-order valence-corrected chi connectivity index (χ3v) is 7.62. The van der Waals surface area contributed by atoms with Gasteiger partial charge in [0.05, 0.1) is 38.5 Å². The first-order chi connectivity index (χ1) is 21.0. The summed E-state index contributed by atoms with van der Waals surface area (Å²) in [5.41, 5.74) is 3.16. The lowest BCUT2D eigenvalue weighted by Gasteiger charge is -2.30. The number of esters is 2. The van der Waals surface area contributed by atoms with Crippen molar-refractivity contribution in [3.8, 4) is 0 Å². The largest absolute Gasteiger partial charge is 0.462 e. The molecule has 9 heteroatoms.